The van der Waals surface area contributed by atoms with E-state index < -0.39 is 17.5 Å². The second-order valence-electron chi connectivity index (χ2n) is 6.97. The third kappa shape index (κ3) is 3.33. The van der Waals surface area contributed by atoms with Crippen molar-refractivity contribution in [2.45, 2.75) is 58.3 Å². The van der Waals surface area contributed by atoms with E-state index in [4.69, 9.17) is 0 Å². The third-order valence-corrected chi connectivity index (χ3v) is 5.48. The molecule has 0 nitrogen and oxygen atoms in total. The zero-order valence-electron chi connectivity index (χ0n) is 13.1. The first-order valence-electron chi connectivity index (χ1n) is 8.38. The molecule has 1 aromatic carbocycles. The molecule has 0 amide bonds. The zero-order chi connectivity index (χ0) is 15.7. The van der Waals surface area contributed by atoms with E-state index in [0.29, 0.717) is 11.5 Å². The van der Waals surface area contributed by atoms with Crippen LogP contribution >= 0.6 is 0 Å². The van der Waals surface area contributed by atoms with Crippen LogP contribution in [0.15, 0.2) is 12.1 Å². The molecule has 0 bridgehead atoms. The van der Waals surface area contributed by atoms with Crippen LogP contribution in [0.4, 0.5) is 13.2 Å². The van der Waals surface area contributed by atoms with Crippen LogP contribution < -0.4 is 0 Å². The maximum absolute atomic E-state index is 13.4. The summed E-state index contributed by atoms with van der Waals surface area (Å²) in [6, 6.07) is 2.28. The second-order valence-corrected chi connectivity index (χ2v) is 6.97. The van der Waals surface area contributed by atoms with E-state index in [2.05, 4.69) is 6.92 Å². The Kier molecular flexibility index (Phi) is 4.79. The number of benzene rings is 1. The van der Waals surface area contributed by atoms with Gasteiger partial charge in [-0.2, -0.15) is 0 Å². The van der Waals surface area contributed by atoms with Gasteiger partial charge in [0, 0.05) is 5.92 Å². The molecule has 120 valence electrons. The summed E-state index contributed by atoms with van der Waals surface area (Å²) in [6.07, 6.45) is 8.98. The lowest BCUT2D eigenvalue weighted by Gasteiger charge is -2.36. The second kappa shape index (κ2) is 6.64. The van der Waals surface area contributed by atoms with Gasteiger partial charge in [-0.1, -0.05) is 19.8 Å². The molecule has 2 aliphatic rings. The fraction of sp³-hybridized carbons (Fsp3) is 0.579. The maximum atomic E-state index is 13.4. The molecule has 0 heterocycles. The smallest absolute Gasteiger partial charge is 0.194 e. The summed E-state index contributed by atoms with van der Waals surface area (Å²) < 4.78 is 39.8. The summed E-state index contributed by atoms with van der Waals surface area (Å²) in [5, 5.41) is 0. The molecule has 2 radical (unpaired) electrons. The molecule has 3 rings (SSSR count). The van der Waals surface area contributed by atoms with Crippen molar-refractivity contribution >= 4 is 0 Å². The number of hydrogen-bond donors (Lipinski definition) is 0. The van der Waals surface area contributed by atoms with Crippen molar-refractivity contribution in [1.29, 1.82) is 0 Å². The van der Waals surface area contributed by atoms with E-state index in [9.17, 15) is 13.2 Å². The van der Waals surface area contributed by atoms with Gasteiger partial charge in [0.05, 0.1) is 0 Å². The van der Waals surface area contributed by atoms with Crippen molar-refractivity contribution < 1.29 is 13.2 Å². The Morgan fingerprint density at radius 1 is 0.818 bits per heavy atom. The summed E-state index contributed by atoms with van der Waals surface area (Å²) in [5.41, 5.74) is 0.539. The monoisotopic (exact) mass is 308 g/mol. The molecule has 2 saturated carbocycles. The lowest BCUT2D eigenvalue weighted by Crippen LogP contribution is -2.23. The fourth-order valence-electron chi connectivity index (χ4n) is 3.96. The van der Waals surface area contributed by atoms with Gasteiger partial charge in [0.15, 0.2) is 17.5 Å². The Bertz CT molecular complexity index is 486. The predicted octanol–water partition coefficient (Wildman–Crippen LogP) is 6.00. The summed E-state index contributed by atoms with van der Waals surface area (Å²) in [5.74, 6) is 0.754. The highest BCUT2D eigenvalue weighted by molar-refractivity contribution is 5.33. The highest BCUT2D eigenvalue weighted by Crippen LogP contribution is 2.44. The van der Waals surface area contributed by atoms with Crippen LogP contribution in [0.25, 0.3) is 0 Å². The molecule has 0 saturated heterocycles. The van der Waals surface area contributed by atoms with E-state index in [0.717, 1.165) is 49.7 Å². The van der Waals surface area contributed by atoms with Gasteiger partial charge in [-0.15, -0.1) is 0 Å². The first-order chi connectivity index (χ1) is 10.5. The van der Waals surface area contributed by atoms with Crippen molar-refractivity contribution in [3.8, 4) is 0 Å². The topological polar surface area (TPSA) is 0 Å². The van der Waals surface area contributed by atoms with Crippen LogP contribution in [-0.2, 0) is 0 Å². The minimum Gasteiger partial charge on any atom is -0.204 e. The van der Waals surface area contributed by atoms with Gasteiger partial charge in [-0.25, -0.2) is 13.2 Å². The number of halogens is 3. The summed E-state index contributed by atoms with van der Waals surface area (Å²) in [7, 11) is 0. The first-order valence-corrected chi connectivity index (χ1v) is 8.38. The Balaban J connectivity index is 1.60. The van der Waals surface area contributed by atoms with Crippen molar-refractivity contribution in [2.75, 3.05) is 0 Å². The van der Waals surface area contributed by atoms with E-state index >= 15 is 0 Å². The van der Waals surface area contributed by atoms with Gasteiger partial charge < -0.3 is 0 Å². The molecule has 0 unspecified atom stereocenters. The average molecular weight is 308 g/mol. The molecule has 3 heteroatoms. The molecular formula is C19H23F3. The van der Waals surface area contributed by atoms with E-state index in [1.54, 1.807) is 5.92 Å². The molecule has 0 aromatic heterocycles. The van der Waals surface area contributed by atoms with Gasteiger partial charge in [0.1, 0.15) is 0 Å². The first kappa shape index (κ1) is 15.9. The van der Waals surface area contributed by atoms with Gasteiger partial charge >= 0.3 is 0 Å². The van der Waals surface area contributed by atoms with Crippen LogP contribution in [0, 0.1) is 41.1 Å². The van der Waals surface area contributed by atoms with Crippen LogP contribution in [0.5, 0.6) is 0 Å². The van der Waals surface area contributed by atoms with Crippen LogP contribution in [0.1, 0.15) is 63.9 Å². The van der Waals surface area contributed by atoms with Crippen molar-refractivity contribution in [3.63, 3.8) is 0 Å². The summed E-state index contributed by atoms with van der Waals surface area (Å²) in [6.45, 7) is 2.32. The minimum absolute atomic E-state index is 0.539. The number of hydrogen-bond acceptors (Lipinski definition) is 0. The molecule has 22 heavy (non-hydrogen) atoms. The van der Waals surface area contributed by atoms with E-state index in [-0.39, 0.29) is 0 Å². The zero-order valence-corrected chi connectivity index (χ0v) is 13.1. The Hall–Kier alpha value is -0.990. The molecular weight excluding hydrogens is 285 g/mol. The van der Waals surface area contributed by atoms with Gasteiger partial charge in [-0.3, -0.25) is 0 Å². The van der Waals surface area contributed by atoms with Crippen LogP contribution in [-0.4, -0.2) is 0 Å². The van der Waals surface area contributed by atoms with Crippen molar-refractivity contribution in [1.82, 2.24) is 0 Å². The molecule has 0 aliphatic heterocycles. The fourth-order valence-corrected chi connectivity index (χ4v) is 3.96. The average Bonchev–Trinajstić information content (AvgIpc) is 2.53. The SMILES string of the molecule is CC1CC[C](C2CC[C](c3cc(F)c(F)c(F)c3)CC2)CC1. The maximum Gasteiger partial charge on any atom is 0.194 e. The highest BCUT2D eigenvalue weighted by atomic mass is 19.2. The van der Waals surface area contributed by atoms with Gasteiger partial charge in [-0.05, 0) is 74.0 Å². The highest BCUT2D eigenvalue weighted by Gasteiger charge is 2.31. The van der Waals surface area contributed by atoms with E-state index in [1.807, 2.05) is 0 Å². The van der Waals surface area contributed by atoms with E-state index in [1.165, 1.54) is 25.7 Å². The van der Waals surface area contributed by atoms with Crippen molar-refractivity contribution in [2.24, 2.45) is 11.8 Å². The Labute approximate surface area is 131 Å². The van der Waals surface area contributed by atoms with Crippen molar-refractivity contribution in [3.05, 3.63) is 47.0 Å². The molecule has 2 aliphatic carbocycles. The molecule has 2 fully saturated rings. The van der Waals surface area contributed by atoms with Gasteiger partial charge in [0.25, 0.3) is 0 Å². The quantitative estimate of drug-likeness (QED) is 0.588. The number of rotatable bonds is 2. The molecule has 1 aromatic rings. The largest absolute Gasteiger partial charge is 0.204 e. The minimum atomic E-state index is -1.37. The standard InChI is InChI=1S/C19H23F3/c1-12-2-4-13(5-3-12)14-6-8-15(9-7-14)16-10-17(20)19(22)18(21)11-16/h10-12,14H,2-9H2,1H3. The van der Waals surface area contributed by atoms with Crippen LogP contribution in [0.3, 0.4) is 0 Å². The Morgan fingerprint density at radius 2 is 1.36 bits per heavy atom. The van der Waals surface area contributed by atoms with Crippen LogP contribution in [0.2, 0.25) is 0 Å². The third-order valence-electron chi connectivity index (χ3n) is 5.48. The summed E-state index contributed by atoms with van der Waals surface area (Å²) >= 11 is 0. The molecule has 0 atom stereocenters. The lowest BCUT2D eigenvalue weighted by molar-refractivity contribution is 0.307. The normalized spacial score (nSPS) is 23.1. The van der Waals surface area contributed by atoms with Gasteiger partial charge in [0.2, 0.25) is 0 Å². The lowest BCUT2D eigenvalue weighted by atomic mass is 9.68. The molecule has 0 N–H and O–H groups in total. The summed E-state index contributed by atoms with van der Waals surface area (Å²) in [4.78, 5) is 0. The molecule has 0 spiro atoms. The Morgan fingerprint density at radius 3 is 1.91 bits per heavy atom. The predicted molar refractivity (Wildman–Crippen MR) is 81.5 cm³/mol.